The van der Waals surface area contributed by atoms with Crippen molar-refractivity contribution in [3.8, 4) is 0 Å². The van der Waals surface area contributed by atoms with E-state index in [1.807, 2.05) is 84.7 Å². The van der Waals surface area contributed by atoms with Gasteiger partial charge in [0.2, 0.25) is 0 Å². The van der Waals surface area contributed by atoms with Crippen molar-refractivity contribution in [2.75, 3.05) is 5.75 Å². The van der Waals surface area contributed by atoms with Crippen LogP contribution >= 0.6 is 18.9 Å². The fraction of sp³-hybridized carbons (Fsp3) is 0.167. The Morgan fingerprint density at radius 1 is 0.815 bits per heavy atom. The highest BCUT2D eigenvalue weighted by Crippen LogP contribution is 2.49. The number of hydrogen-bond donors (Lipinski definition) is 0. The van der Waals surface area contributed by atoms with Crippen molar-refractivity contribution < 1.29 is 4.57 Å². The topological polar surface area (TPSA) is 17.1 Å². The summed E-state index contributed by atoms with van der Waals surface area (Å²) in [4.78, 5) is 1.10. The second-order valence-corrected chi connectivity index (χ2v) is 10.1. The summed E-state index contributed by atoms with van der Waals surface area (Å²) in [5, 5.41) is 1.75. The lowest BCUT2D eigenvalue weighted by atomic mass is 10.2. The van der Waals surface area contributed by atoms with Crippen LogP contribution in [-0.4, -0.2) is 5.75 Å². The molecule has 0 aliphatic rings. The highest BCUT2D eigenvalue weighted by atomic mass is 32.2. The number of benzene rings is 3. The van der Waals surface area contributed by atoms with E-state index in [2.05, 4.69) is 19.1 Å². The van der Waals surface area contributed by atoms with Crippen LogP contribution in [0.25, 0.3) is 4.91 Å². The molecule has 27 heavy (non-hydrogen) atoms. The van der Waals surface area contributed by atoms with E-state index < -0.39 is 7.14 Å². The Bertz CT molecular complexity index is 861. The van der Waals surface area contributed by atoms with Gasteiger partial charge < -0.3 is 4.57 Å². The minimum absolute atomic E-state index is 0.876. The minimum Gasteiger partial charge on any atom is -0.309 e. The third-order valence-corrected chi connectivity index (χ3v) is 8.48. The lowest BCUT2D eigenvalue weighted by molar-refractivity contribution is 0.592. The molecule has 0 saturated heterocycles. The monoisotopic (exact) mass is 392 g/mol. The minimum atomic E-state index is -2.88. The van der Waals surface area contributed by atoms with Gasteiger partial charge in [-0.3, -0.25) is 0 Å². The Labute approximate surface area is 166 Å². The third-order valence-electron chi connectivity index (χ3n) is 4.39. The molecule has 3 aromatic rings. The average Bonchev–Trinajstić information content (AvgIpc) is 2.75. The van der Waals surface area contributed by atoms with Crippen LogP contribution in [0.5, 0.6) is 0 Å². The molecule has 0 aliphatic carbocycles. The molecule has 1 nitrogen and oxygen atoms in total. The van der Waals surface area contributed by atoms with Crippen molar-refractivity contribution in [1.29, 1.82) is 0 Å². The third kappa shape index (κ3) is 5.03. The number of thioether (sulfide) groups is 1. The first-order valence-corrected chi connectivity index (χ1v) is 12.1. The first-order chi connectivity index (χ1) is 13.2. The van der Waals surface area contributed by atoms with Crippen LogP contribution in [0.2, 0.25) is 0 Å². The molecular formula is C24H25OPS. The predicted octanol–water partition coefficient (Wildman–Crippen LogP) is 6.53. The molecule has 0 aromatic heterocycles. The summed E-state index contributed by atoms with van der Waals surface area (Å²) in [5.41, 5.74) is 1.13. The van der Waals surface area contributed by atoms with Gasteiger partial charge in [-0.05, 0) is 23.6 Å². The van der Waals surface area contributed by atoms with Gasteiger partial charge in [-0.2, -0.15) is 0 Å². The molecule has 0 bridgehead atoms. The molecule has 0 spiro atoms. The average molecular weight is 393 g/mol. The molecule has 0 atom stereocenters. The first-order valence-electron chi connectivity index (χ1n) is 9.36. The first kappa shape index (κ1) is 19.7. The predicted molar refractivity (Wildman–Crippen MR) is 122 cm³/mol. The van der Waals surface area contributed by atoms with Crippen LogP contribution in [0.3, 0.4) is 0 Å². The van der Waals surface area contributed by atoms with Crippen LogP contribution in [0, 0.1) is 0 Å². The summed E-state index contributed by atoms with van der Waals surface area (Å²) in [6.07, 6.45) is 2.31. The van der Waals surface area contributed by atoms with Gasteiger partial charge in [-0.25, -0.2) is 0 Å². The van der Waals surface area contributed by atoms with Crippen molar-refractivity contribution in [3.05, 3.63) is 102 Å². The van der Waals surface area contributed by atoms with Gasteiger partial charge in [0.25, 0.3) is 0 Å². The quantitative estimate of drug-likeness (QED) is 0.320. The van der Waals surface area contributed by atoms with Gasteiger partial charge in [0.05, 0.1) is 0 Å². The Morgan fingerprint density at radius 2 is 1.30 bits per heavy atom. The van der Waals surface area contributed by atoms with E-state index >= 15 is 0 Å². The van der Waals surface area contributed by atoms with E-state index in [0.717, 1.165) is 39.7 Å². The van der Waals surface area contributed by atoms with Gasteiger partial charge >= 0.3 is 0 Å². The molecule has 0 fully saturated rings. The van der Waals surface area contributed by atoms with Crippen LogP contribution in [0.1, 0.15) is 25.3 Å². The summed E-state index contributed by atoms with van der Waals surface area (Å²) in [5.74, 6) is 3.05. The van der Waals surface area contributed by atoms with E-state index in [9.17, 15) is 4.57 Å². The van der Waals surface area contributed by atoms with Crippen LogP contribution < -0.4 is 10.6 Å². The van der Waals surface area contributed by atoms with Crippen LogP contribution in [-0.2, 0) is 4.57 Å². The highest BCUT2D eigenvalue weighted by molar-refractivity contribution is 8.08. The maximum Gasteiger partial charge on any atom is 0.165 e. The van der Waals surface area contributed by atoms with Crippen molar-refractivity contribution in [3.63, 3.8) is 0 Å². The van der Waals surface area contributed by atoms with Crippen molar-refractivity contribution in [2.24, 2.45) is 0 Å². The Morgan fingerprint density at radius 3 is 1.78 bits per heavy atom. The van der Waals surface area contributed by atoms with Crippen LogP contribution in [0.15, 0.2) is 96.8 Å². The Kier molecular flexibility index (Phi) is 7.15. The molecule has 3 aromatic carbocycles. The normalized spacial score (nSPS) is 12.1. The lowest BCUT2D eigenvalue weighted by Crippen LogP contribution is -2.14. The maximum atomic E-state index is 14.3. The van der Waals surface area contributed by atoms with E-state index in [1.165, 1.54) is 0 Å². The molecule has 0 radical (unpaired) electrons. The number of rotatable bonds is 8. The highest BCUT2D eigenvalue weighted by Gasteiger charge is 2.25. The second-order valence-electron chi connectivity index (χ2n) is 6.39. The summed E-state index contributed by atoms with van der Waals surface area (Å²) in [7, 11) is -2.88. The molecule has 0 N–H and O–H groups in total. The maximum absolute atomic E-state index is 14.3. The number of hydrogen-bond acceptors (Lipinski definition) is 2. The van der Waals surface area contributed by atoms with Gasteiger partial charge in [0.1, 0.15) is 0 Å². The van der Waals surface area contributed by atoms with Gasteiger partial charge in [-0.1, -0.05) is 104 Å². The van der Waals surface area contributed by atoms with Gasteiger partial charge in [0.15, 0.2) is 7.14 Å². The smallest absolute Gasteiger partial charge is 0.165 e. The lowest BCUT2D eigenvalue weighted by Gasteiger charge is -2.18. The summed E-state index contributed by atoms with van der Waals surface area (Å²) in [6, 6.07) is 30.0. The second kappa shape index (κ2) is 9.78. The van der Waals surface area contributed by atoms with Crippen molar-refractivity contribution >= 4 is 34.4 Å². The standard InChI is InChI=1S/C24H25OPS/c1-2-3-19-27-24(21-13-7-4-8-14-21)20-26(25,22-15-9-5-10-16-22)23-17-11-6-12-18-23/h4-18,20H,2-3,19H2,1H3/b24-20-. The summed E-state index contributed by atoms with van der Waals surface area (Å²) in [6.45, 7) is 2.20. The van der Waals surface area contributed by atoms with Crippen LogP contribution in [0.4, 0.5) is 0 Å². The molecule has 138 valence electrons. The zero-order chi connectivity index (χ0) is 19.0. The Balaban J connectivity index is 2.13. The molecule has 0 saturated carbocycles. The molecule has 3 heteroatoms. The molecular weight excluding hydrogens is 367 g/mol. The molecule has 0 aliphatic heterocycles. The zero-order valence-electron chi connectivity index (χ0n) is 15.6. The van der Waals surface area contributed by atoms with E-state index in [0.29, 0.717) is 0 Å². The van der Waals surface area contributed by atoms with Gasteiger partial charge in [-0.15, -0.1) is 11.8 Å². The van der Waals surface area contributed by atoms with E-state index in [4.69, 9.17) is 0 Å². The molecule has 3 rings (SSSR count). The zero-order valence-corrected chi connectivity index (χ0v) is 17.3. The van der Waals surface area contributed by atoms with E-state index in [-0.39, 0.29) is 0 Å². The molecule has 0 amide bonds. The molecule has 0 heterocycles. The largest absolute Gasteiger partial charge is 0.309 e. The fourth-order valence-corrected chi connectivity index (χ4v) is 6.89. The van der Waals surface area contributed by atoms with Crippen molar-refractivity contribution in [1.82, 2.24) is 0 Å². The molecule has 0 unspecified atom stereocenters. The van der Waals surface area contributed by atoms with E-state index in [1.54, 1.807) is 11.8 Å². The van der Waals surface area contributed by atoms with Crippen molar-refractivity contribution in [2.45, 2.75) is 19.8 Å². The summed E-state index contributed by atoms with van der Waals surface area (Å²) < 4.78 is 14.3. The number of unbranched alkanes of at least 4 members (excludes halogenated alkanes) is 1. The SMILES string of the molecule is CCCCS/C(=C\P(=O)(c1ccccc1)c1ccccc1)c1ccccc1. The summed E-state index contributed by atoms with van der Waals surface area (Å²) >= 11 is 1.80. The Hall–Kier alpha value is -2.02. The van der Waals surface area contributed by atoms with Gasteiger partial charge in [0, 0.05) is 15.5 Å². The fourth-order valence-electron chi connectivity index (χ4n) is 2.89.